The zero-order chi connectivity index (χ0) is 16.5. The molecule has 2 aliphatic rings. The number of rotatable bonds is 6. The van der Waals surface area contributed by atoms with Crippen molar-refractivity contribution in [3.63, 3.8) is 0 Å². The minimum Gasteiger partial charge on any atom is -0.492 e. The van der Waals surface area contributed by atoms with Crippen LogP contribution < -0.4 is 0 Å². The third-order valence-corrected chi connectivity index (χ3v) is 11.0. The van der Waals surface area contributed by atoms with Crippen LogP contribution in [0.5, 0.6) is 0 Å². The van der Waals surface area contributed by atoms with E-state index in [2.05, 4.69) is 41.5 Å². The standard InChI is InChI=1S/C16H28O5Si/c1-10(2)22(11(3)4,12(5)6)19-9-14-15-13(7-8-18-14)20-16(17)21-15/h7-8,10-15H,9H2,1-6H3/t13-,14-,15+/m1/s1. The van der Waals surface area contributed by atoms with Gasteiger partial charge in [0, 0.05) is 0 Å². The molecule has 22 heavy (non-hydrogen) atoms. The first-order valence-corrected chi connectivity index (χ1v) is 10.3. The summed E-state index contributed by atoms with van der Waals surface area (Å²) < 4.78 is 22.5. The van der Waals surface area contributed by atoms with Gasteiger partial charge in [-0.25, -0.2) is 4.79 Å². The van der Waals surface area contributed by atoms with Crippen LogP contribution in [0.15, 0.2) is 12.3 Å². The maximum atomic E-state index is 11.3. The van der Waals surface area contributed by atoms with Crippen molar-refractivity contribution in [1.82, 2.24) is 0 Å². The van der Waals surface area contributed by atoms with Gasteiger partial charge in [0.1, 0.15) is 0 Å². The van der Waals surface area contributed by atoms with Gasteiger partial charge in [0.2, 0.25) is 8.32 Å². The lowest BCUT2D eigenvalue weighted by Gasteiger charge is -2.43. The van der Waals surface area contributed by atoms with Crippen LogP contribution in [-0.2, 0) is 18.6 Å². The summed E-state index contributed by atoms with van der Waals surface area (Å²) in [6.07, 6.45) is 1.60. The van der Waals surface area contributed by atoms with Crippen molar-refractivity contribution in [3.05, 3.63) is 12.3 Å². The Morgan fingerprint density at radius 1 is 1.09 bits per heavy atom. The van der Waals surface area contributed by atoms with E-state index in [9.17, 15) is 4.79 Å². The molecule has 0 spiro atoms. The van der Waals surface area contributed by atoms with Gasteiger partial charge in [0.25, 0.3) is 0 Å². The molecule has 2 rings (SSSR count). The smallest absolute Gasteiger partial charge is 0.492 e. The second-order valence-corrected chi connectivity index (χ2v) is 12.5. The van der Waals surface area contributed by atoms with Crippen LogP contribution in [0.1, 0.15) is 41.5 Å². The van der Waals surface area contributed by atoms with Crippen molar-refractivity contribution < 1.29 is 23.4 Å². The minimum atomic E-state index is -1.96. The van der Waals surface area contributed by atoms with E-state index in [0.29, 0.717) is 23.2 Å². The fraction of sp³-hybridized carbons (Fsp3) is 0.812. The quantitative estimate of drug-likeness (QED) is 0.545. The summed E-state index contributed by atoms with van der Waals surface area (Å²) in [5, 5.41) is 0. The number of carbonyl (C=O) groups excluding carboxylic acids is 1. The maximum absolute atomic E-state index is 11.3. The average molecular weight is 328 g/mol. The minimum absolute atomic E-state index is 0.301. The molecule has 0 bridgehead atoms. The van der Waals surface area contributed by atoms with Gasteiger partial charge in [0.15, 0.2) is 18.3 Å². The van der Waals surface area contributed by atoms with Gasteiger partial charge in [-0.3, -0.25) is 0 Å². The fourth-order valence-corrected chi connectivity index (χ4v) is 9.44. The van der Waals surface area contributed by atoms with E-state index < -0.39 is 20.6 Å². The van der Waals surface area contributed by atoms with Gasteiger partial charge >= 0.3 is 6.16 Å². The van der Waals surface area contributed by atoms with Crippen LogP contribution in [0.2, 0.25) is 16.6 Å². The lowest BCUT2D eigenvalue weighted by atomic mass is 10.1. The van der Waals surface area contributed by atoms with Crippen molar-refractivity contribution in [3.8, 4) is 0 Å². The highest BCUT2D eigenvalue weighted by molar-refractivity contribution is 6.77. The van der Waals surface area contributed by atoms with Crippen LogP contribution in [-0.4, -0.2) is 39.4 Å². The van der Waals surface area contributed by atoms with Crippen molar-refractivity contribution in [2.75, 3.05) is 6.61 Å². The van der Waals surface area contributed by atoms with Crippen molar-refractivity contribution in [2.24, 2.45) is 0 Å². The normalized spacial score (nSPS) is 27.9. The van der Waals surface area contributed by atoms with Gasteiger partial charge in [-0.05, 0) is 22.7 Å². The van der Waals surface area contributed by atoms with Crippen LogP contribution in [0.3, 0.4) is 0 Å². The maximum Gasteiger partial charge on any atom is 0.509 e. The summed E-state index contributed by atoms with van der Waals surface area (Å²) in [6.45, 7) is 13.9. The van der Waals surface area contributed by atoms with Gasteiger partial charge in [-0.1, -0.05) is 41.5 Å². The molecule has 3 atom stereocenters. The largest absolute Gasteiger partial charge is 0.509 e. The van der Waals surface area contributed by atoms with Crippen molar-refractivity contribution in [2.45, 2.75) is 76.5 Å². The SMILES string of the molecule is CC(C)[Si](OC[C@H]1OC=C[C@H]2OC(=O)O[C@@H]21)(C(C)C)C(C)C. The van der Waals surface area contributed by atoms with E-state index in [4.69, 9.17) is 18.6 Å². The van der Waals surface area contributed by atoms with E-state index in [0.717, 1.165) is 0 Å². The Kier molecular flexibility index (Phi) is 5.22. The Morgan fingerprint density at radius 3 is 2.23 bits per heavy atom. The van der Waals surface area contributed by atoms with Crippen molar-refractivity contribution >= 4 is 14.5 Å². The van der Waals surface area contributed by atoms with E-state index in [1.54, 1.807) is 12.3 Å². The summed E-state index contributed by atoms with van der Waals surface area (Å²) in [5.74, 6) is 0. The van der Waals surface area contributed by atoms with Gasteiger partial charge < -0.3 is 18.6 Å². The molecule has 0 radical (unpaired) electrons. The van der Waals surface area contributed by atoms with E-state index in [1.807, 2.05) is 0 Å². The third-order valence-electron chi connectivity index (χ3n) is 4.88. The molecule has 0 aliphatic carbocycles. The Bertz CT molecular complexity index is 410. The molecule has 1 saturated heterocycles. The van der Waals surface area contributed by atoms with Gasteiger partial charge in [0.05, 0.1) is 12.9 Å². The molecule has 2 aliphatic heterocycles. The third kappa shape index (κ3) is 3.04. The highest BCUT2D eigenvalue weighted by atomic mass is 28.4. The van der Waals surface area contributed by atoms with Crippen LogP contribution >= 0.6 is 0 Å². The summed E-state index contributed by atoms with van der Waals surface area (Å²) in [6, 6.07) is 0. The lowest BCUT2D eigenvalue weighted by Crippen LogP contribution is -2.51. The predicted molar refractivity (Wildman–Crippen MR) is 86.2 cm³/mol. The zero-order valence-electron chi connectivity index (χ0n) is 14.4. The Morgan fingerprint density at radius 2 is 1.68 bits per heavy atom. The number of fused-ring (bicyclic) bond motifs is 1. The topological polar surface area (TPSA) is 54.0 Å². The first kappa shape index (κ1) is 17.3. The van der Waals surface area contributed by atoms with Crippen LogP contribution in [0.25, 0.3) is 0 Å². The van der Waals surface area contributed by atoms with E-state index in [1.165, 1.54) is 0 Å². The first-order valence-electron chi connectivity index (χ1n) is 8.12. The van der Waals surface area contributed by atoms with E-state index >= 15 is 0 Å². The van der Waals surface area contributed by atoms with Gasteiger partial charge in [-0.15, -0.1) is 0 Å². The summed E-state index contributed by atoms with van der Waals surface area (Å²) in [7, 11) is -1.96. The second-order valence-electron chi connectivity index (χ2n) is 7.05. The molecule has 126 valence electrons. The van der Waals surface area contributed by atoms with E-state index in [-0.39, 0.29) is 12.2 Å². The molecule has 0 unspecified atom stereocenters. The number of hydrogen-bond donors (Lipinski definition) is 0. The highest BCUT2D eigenvalue weighted by Gasteiger charge is 2.48. The summed E-state index contributed by atoms with van der Waals surface area (Å²) in [4.78, 5) is 11.3. The molecule has 5 nitrogen and oxygen atoms in total. The molecule has 0 N–H and O–H groups in total. The van der Waals surface area contributed by atoms with Crippen LogP contribution in [0.4, 0.5) is 4.79 Å². The number of carbonyl (C=O) groups is 1. The molecular weight excluding hydrogens is 300 g/mol. The van der Waals surface area contributed by atoms with Gasteiger partial charge in [-0.2, -0.15) is 0 Å². The first-order chi connectivity index (χ1) is 10.3. The summed E-state index contributed by atoms with van der Waals surface area (Å²) >= 11 is 0. The second kappa shape index (κ2) is 6.62. The monoisotopic (exact) mass is 328 g/mol. The molecule has 2 heterocycles. The number of hydrogen-bond acceptors (Lipinski definition) is 5. The Balaban J connectivity index is 2.09. The fourth-order valence-electron chi connectivity index (χ4n) is 3.98. The zero-order valence-corrected chi connectivity index (χ0v) is 15.4. The molecule has 0 saturated carbocycles. The Hall–Kier alpha value is -1.01. The molecular formula is C16H28O5Si. The lowest BCUT2D eigenvalue weighted by molar-refractivity contribution is -0.0288. The highest BCUT2D eigenvalue weighted by Crippen LogP contribution is 2.42. The molecule has 0 aromatic carbocycles. The average Bonchev–Trinajstić information content (AvgIpc) is 2.79. The number of ether oxygens (including phenoxy) is 3. The molecule has 0 aromatic heterocycles. The predicted octanol–water partition coefficient (Wildman–Crippen LogP) is 4.00. The Labute approximate surface area is 134 Å². The molecule has 0 aromatic rings. The van der Waals surface area contributed by atoms with Crippen LogP contribution in [0, 0.1) is 0 Å². The molecule has 1 fully saturated rings. The summed E-state index contributed by atoms with van der Waals surface area (Å²) in [5.41, 5.74) is 1.51. The molecule has 6 heteroatoms. The molecule has 0 amide bonds. The van der Waals surface area contributed by atoms with Crippen molar-refractivity contribution in [1.29, 1.82) is 0 Å².